The van der Waals surface area contributed by atoms with Crippen LogP contribution in [0.5, 0.6) is 0 Å². The van der Waals surface area contributed by atoms with Crippen molar-refractivity contribution in [3.63, 3.8) is 0 Å². The highest BCUT2D eigenvalue weighted by atomic mass is 35.5. The van der Waals surface area contributed by atoms with E-state index in [1.807, 2.05) is 0 Å². The van der Waals surface area contributed by atoms with Crippen LogP contribution in [0.3, 0.4) is 0 Å². The zero-order chi connectivity index (χ0) is 23.8. The zero-order valence-electron chi connectivity index (χ0n) is 15.7. The first-order chi connectivity index (χ1) is 14.0. The number of hydrogen-bond donors (Lipinski definition) is 5. The Hall–Kier alpha value is -0.690. The van der Waals surface area contributed by atoms with Crippen molar-refractivity contribution in [2.75, 3.05) is 11.6 Å². The van der Waals surface area contributed by atoms with E-state index in [1.54, 1.807) is 0 Å². The largest absolute Gasteiger partial charge is 0.488 e. The highest BCUT2D eigenvalue weighted by molar-refractivity contribution is 7.68. The maximum absolute atomic E-state index is 14.9. The summed E-state index contributed by atoms with van der Waals surface area (Å²) in [5.74, 6) is -4.87. The average Bonchev–Trinajstić information content (AvgIpc) is 3.02. The fraction of sp³-hybridized carbons (Fsp3) is 0.667. The summed E-state index contributed by atoms with van der Waals surface area (Å²) < 4.78 is 63.4. The molecule has 6 unspecified atom stereocenters. The normalized spacial score (nSPS) is 27.9. The molecule has 1 aromatic heterocycles. The monoisotopic (exact) mass is 529 g/mol. The Morgan fingerprint density at radius 3 is 2.52 bits per heavy atom. The van der Waals surface area contributed by atoms with Gasteiger partial charge in [-0.05, 0) is 18.9 Å². The molecule has 0 aliphatic carbocycles. The van der Waals surface area contributed by atoms with E-state index in [-0.39, 0.29) is 18.7 Å². The lowest BCUT2D eigenvalue weighted by atomic mass is 9.88. The highest BCUT2D eigenvalue weighted by Crippen LogP contribution is 2.69. The van der Waals surface area contributed by atoms with Gasteiger partial charge in [-0.25, -0.2) is 22.6 Å². The summed E-state index contributed by atoms with van der Waals surface area (Å²) in [6.45, 7) is 1.11. The number of nitrogens with zero attached hydrogens (tertiary/aromatic N) is 2. The van der Waals surface area contributed by atoms with E-state index in [1.165, 1.54) is 12.3 Å². The molecule has 1 aliphatic heterocycles. The lowest BCUT2D eigenvalue weighted by molar-refractivity contribution is -0.0985. The average molecular weight is 530 g/mol. The molecule has 31 heavy (non-hydrogen) atoms. The van der Waals surface area contributed by atoms with Gasteiger partial charge < -0.3 is 30.0 Å². The van der Waals surface area contributed by atoms with E-state index in [0.717, 1.165) is 11.5 Å². The van der Waals surface area contributed by atoms with Crippen LogP contribution in [0.15, 0.2) is 17.1 Å². The molecule has 0 radical (unpaired) electrons. The summed E-state index contributed by atoms with van der Waals surface area (Å²) >= 11 is 5.93. The molecular weight excluding hydrogens is 510 g/mol. The highest BCUT2D eigenvalue weighted by Gasteiger charge is 2.54. The van der Waals surface area contributed by atoms with Crippen molar-refractivity contribution in [1.82, 2.24) is 9.55 Å². The van der Waals surface area contributed by atoms with Crippen LogP contribution < -0.4 is 11.4 Å². The second-order valence-electron chi connectivity index (χ2n) is 6.70. The van der Waals surface area contributed by atoms with Gasteiger partial charge in [0.1, 0.15) is 12.0 Å². The summed E-state index contributed by atoms with van der Waals surface area (Å²) in [7, 11) is -17.1. The van der Waals surface area contributed by atoms with Crippen molar-refractivity contribution < 1.29 is 51.0 Å². The van der Waals surface area contributed by atoms with Gasteiger partial charge in [-0.3, -0.25) is 9.13 Å². The number of phosphoric acid groups is 2. The van der Waals surface area contributed by atoms with Crippen LogP contribution in [-0.2, 0) is 27.1 Å². The van der Waals surface area contributed by atoms with Gasteiger partial charge in [0.25, 0.3) is 0 Å². The van der Waals surface area contributed by atoms with E-state index >= 15 is 0 Å². The van der Waals surface area contributed by atoms with Gasteiger partial charge in [0, 0.05) is 12.1 Å². The van der Waals surface area contributed by atoms with Crippen LogP contribution >= 0.6 is 34.8 Å². The minimum Gasteiger partial charge on any atom is -0.383 e. The molecule has 1 aliphatic rings. The van der Waals surface area contributed by atoms with Crippen molar-refractivity contribution in [2.45, 2.75) is 37.5 Å². The van der Waals surface area contributed by atoms with E-state index in [4.69, 9.17) is 31.9 Å². The standard InChI is InChI=1S/C12H20ClFN3O11P3/c1-7(10(14)29(19,20)27-31(24,25)28-30(21,22)23)12(6-13)4-2-9(26-12)17-5-3-8(15)16-11(17)18/h3,5,7,9-10H,2,4,6H2,1H3,(H,19,20)(H,24,25)(H2,15,16,18)(H2,21,22,23). The summed E-state index contributed by atoms with van der Waals surface area (Å²) in [4.78, 5) is 51.7. The van der Waals surface area contributed by atoms with Crippen LogP contribution in [-0.4, -0.2) is 46.5 Å². The predicted molar refractivity (Wildman–Crippen MR) is 104 cm³/mol. The van der Waals surface area contributed by atoms with Crippen LogP contribution in [0.4, 0.5) is 10.2 Å². The molecule has 6 atom stereocenters. The van der Waals surface area contributed by atoms with Gasteiger partial charge in [-0.2, -0.15) is 9.29 Å². The Bertz CT molecular complexity index is 1020. The van der Waals surface area contributed by atoms with E-state index in [2.05, 4.69) is 13.6 Å². The third kappa shape index (κ3) is 6.43. The zero-order valence-corrected chi connectivity index (χ0v) is 19.2. The first-order valence-corrected chi connectivity index (χ1v) is 13.6. The van der Waals surface area contributed by atoms with Gasteiger partial charge in [0.15, 0.2) is 0 Å². The van der Waals surface area contributed by atoms with Crippen molar-refractivity contribution in [1.29, 1.82) is 0 Å². The number of nitrogens with two attached hydrogens (primary N) is 1. The number of alkyl halides is 2. The third-order valence-corrected chi connectivity index (χ3v) is 9.52. The van der Waals surface area contributed by atoms with Crippen molar-refractivity contribution in [3.05, 3.63) is 22.7 Å². The number of ether oxygens (including phenoxy) is 1. The summed E-state index contributed by atoms with van der Waals surface area (Å²) in [5, 5.41) is 0. The Labute approximate surface area is 179 Å². The number of rotatable bonds is 9. The Balaban J connectivity index is 2.23. The van der Waals surface area contributed by atoms with Gasteiger partial charge >= 0.3 is 28.9 Å². The number of nitrogen functional groups attached to an aromatic ring is 1. The molecule has 0 amide bonds. The van der Waals surface area contributed by atoms with Gasteiger partial charge in [0.05, 0.1) is 11.5 Å². The molecule has 0 aromatic carbocycles. The van der Waals surface area contributed by atoms with Crippen LogP contribution in [0, 0.1) is 5.92 Å². The number of halogens is 2. The van der Waals surface area contributed by atoms with Crippen molar-refractivity contribution in [2.24, 2.45) is 5.92 Å². The maximum Gasteiger partial charge on any atom is 0.488 e. The van der Waals surface area contributed by atoms with Crippen molar-refractivity contribution in [3.8, 4) is 0 Å². The topological polar surface area (TPSA) is 221 Å². The molecular formula is C12H20ClFN3O11P3. The molecule has 2 rings (SSSR count). The molecule has 14 nitrogen and oxygen atoms in total. The fourth-order valence-corrected chi connectivity index (χ4v) is 7.31. The number of aromatic nitrogens is 2. The van der Waals surface area contributed by atoms with Crippen LogP contribution in [0.2, 0.25) is 0 Å². The second kappa shape index (κ2) is 9.28. The van der Waals surface area contributed by atoms with Crippen LogP contribution in [0.1, 0.15) is 26.0 Å². The third-order valence-electron chi connectivity index (χ3n) is 4.56. The van der Waals surface area contributed by atoms with Crippen molar-refractivity contribution >= 4 is 40.7 Å². The molecule has 1 saturated heterocycles. The van der Waals surface area contributed by atoms with Gasteiger partial charge in [-0.15, -0.1) is 11.6 Å². The lowest BCUT2D eigenvalue weighted by Gasteiger charge is -2.36. The van der Waals surface area contributed by atoms with Crippen LogP contribution in [0.25, 0.3) is 0 Å². The quantitative estimate of drug-likeness (QED) is 0.226. The molecule has 19 heteroatoms. The van der Waals surface area contributed by atoms with E-state index in [9.17, 15) is 32.7 Å². The lowest BCUT2D eigenvalue weighted by Crippen LogP contribution is -2.43. The summed E-state index contributed by atoms with van der Waals surface area (Å²) in [6, 6.07) is 1.32. The first kappa shape index (κ1) is 26.6. The van der Waals surface area contributed by atoms with E-state index in [0.29, 0.717) is 0 Å². The minimum absolute atomic E-state index is 0.00926. The minimum atomic E-state index is -5.82. The molecule has 178 valence electrons. The number of anilines is 1. The fourth-order valence-electron chi connectivity index (χ4n) is 3.03. The smallest absolute Gasteiger partial charge is 0.383 e. The Morgan fingerprint density at radius 2 is 2.00 bits per heavy atom. The Morgan fingerprint density at radius 1 is 1.39 bits per heavy atom. The molecule has 1 fully saturated rings. The summed E-state index contributed by atoms with van der Waals surface area (Å²) in [6.07, 6.45) is 0.467. The molecule has 1 aromatic rings. The predicted octanol–water partition coefficient (Wildman–Crippen LogP) is 1.46. The second-order valence-corrected chi connectivity index (χ2v) is 11.8. The Kier molecular flexibility index (Phi) is 7.95. The SMILES string of the molecule is CC(C(F)P(=O)(O)OP(=O)(O)OP(=O)(O)O)C1(CCl)CCC(n2ccc(N)nc2=O)O1. The number of hydrogen-bond acceptors (Lipinski definition) is 9. The molecule has 2 heterocycles. The van der Waals surface area contributed by atoms with Gasteiger partial charge in [-0.1, -0.05) is 6.92 Å². The van der Waals surface area contributed by atoms with Gasteiger partial charge in [0.2, 0.25) is 5.91 Å². The molecule has 0 saturated carbocycles. The molecule has 6 N–H and O–H groups in total. The first-order valence-electron chi connectivity index (χ1n) is 8.38. The molecule has 0 spiro atoms. The molecule has 0 bridgehead atoms. The summed E-state index contributed by atoms with van der Waals surface area (Å²) in [5.41, 5.74) is 3.05. The maximum atomic E-state index is 14.9. The van der Waals surface area contributed by atoms with E-state index < -0.39 is 58.5 Å².